The first kappa shape index (κ1) is 11.0. The quantitative estimate of drug-likeness (QED) is 0.828. The Balaban J connectivity index is 2.12. The van der Waals surface area contributed by atoms with Gasteiger partial charge in [-0.3, -0.25) is 4.79 Å². The lowest BCUT2D eigenvalue weighted by Crippen LogP contribution is -2.28. The van der Waals surface area contributed by atoms with Crippen LogP contribution in [-0.4, -0.2) is 29.0 Å². The second kappa shape index (κ2) is 4.56. The van der Waals surface area contributed by atoms with Crippen molar-refractivity contribution in [1.82, 2.24) is 4.90 Å². The van der Waals surface area contributed by atoms with E-state index < -0.39 is 0 Å². The second-order valence-corrected chi connectivity index (χ2v) is 4.33. The van der Waals surface area contributed by atoms with Crippen LogP contribution >= 0.6 is 0 Å². The highest BCUT2D eigenvalue weighted by Gasteiger charge is 2.26. The van der Waals surface area contributed by atoms with Crippen LogP contribution in [0.3, 0.4) is 0 Å². The van der Waals surface area contributed by atoms with Crippen molar-refractivity contribution in [3.63, 3.8) is 0 Å². The fraction of sp³-hybridized carbons (Fsp3) is 0.462. The Kier molecular flexibility index (Phi) is 3.13. The van der Waals surface area contributed by atoms with Crippen LogP contribution in [0.5, 0.6) is 5.75 Å². The standard InChI is InChI=1S/C13H17NO2/c1-2-10-7-8-14(9-10)13(16)11-5-3-4-6-12(11)15/h3-6,10,15H,2,7-9H2,1H3. The van der Waals surface area contributed by atoms with E-state index in [1.165, 1.54) is 0 Å². The smallest absolute Gasteiger partial charge is 0.257 e. The Hall–Kier alpha value is -1.51. The van der Waals surface area contributed by atoms with Gasteiger partial charge in [0, 0.05) is 13.1 Å². The zero-order valence-corrected chi connectivity index (χ0v) is 9.52. The largest absolute Gasteiger partial charge is 0.507 e. The van der Waals surface area contributed by atoms with Gasteiger partial charge in [0.15, 0.2) is 0 Å². The third kappa shape index (κ3) is 2.03. The molecule has 1 aliphatic heterocycles. The molecule has 3 heteroatoms. The number of benzene rings is 1. The van der Waals surface area contributed by atoms with Crippen molar-refractivity contribution in [3.05, 3.63) is 29.8 Å². The number of amides is 1. The third-order valence-electron chi connectivity index (χ3n) is 3.28. The molecule has 0 aliphatic carbocycles. The van der Waals surface area contributed by atoms with Crippen LogP contribution in [0, 0.1) is 5.92 Å². The Morgan fingerprint density at radius 2 is 2.25 bits per heavy atom. The summed E-state index contributed by atoms with van der Waals surface area (Å²) in [7, 11) is 0. The molecule has 1 aliphatic rings. The number of phenolic OH excluding ortho intramolecular Hbond substituents is 1. The molecule has 1 aromatic carbocycles. The molecular weight excluding hydrogens is 202 g/mol. The molecule has 1 aromatic rings. The molecule has 1 unspecified atom stereocenters. The topological polar surface area (TPSA) is 40.5 Å². The number of carbonyl (C=O) groups excluding carboxylic acids is 1. The number of rotatable bonds is 2. The van der Waals surface area contributed by atoms with E-state index in [2.05, 4.69) is 6.92 Å². The first-order valence-corrected chi connectivity index (χ1v) is 5.79. The van der Waals surface area contributed by atoms with Crippen LogP contribution in [0.1, 0.15) is 30.1 Å². The fourth-order valence-electron chi connectivity index (χ4n) is 2.18. The van der Waals surface area contributed by atoms with Gasteiger partial charge in [-0.2, -0.15) is 0 Å². The number of para-hydroxylation sites is 1. The normalized spacial score (nSPS) is 20.1. The van der Waals surface area contributed by atoms with E-state index in [4.69, 9.17) is 0 Å². The predicted octanol–water partition coefficient (Wildman–Crippen LogP) is 2.26. The molecule has 1 N–H and O–H groups in total. The maximum Gasteiger partial charge on any atom is 0.257 e. The SMILES string of the molecule is CCC1CCN(C(=O)c2ccccc2O)C1. The monoisotopic (exact) mass is 219 g/mol. The first-order valence-electron chi connectivity index (χ1n) is 5.79. The summed E-state index contributed by atoms with van der Waals surface area (Å²) >= 11 is 0. The molecule has 1 atom stereocenters. The van der Waals surface area contributed by atoms with E-state index in [-0.39, 0.29) is 11.7 Å². The number of hydrogen-bond donors (Lipinski definition) is 1. The summed E-state index contributed by atoms with van der Waals surface area (Å²) in [6, 6.07) is 6.74. The molecular formula is C13H17NO2. The minimum absolute atomic E-state index is 0.0472. The summed E-state index contributed by atoms with van der Waals surface area (Å²) in [5.74, 6) is 0.649. The number of likely N-dealkylation sites (tertiary alicyclic amines) is 1. The Morgan fingerprint density at radius 3 is 2.88 bits per heavy atom. The van der Waals surface area contributed by atoms with Crippen LogP contribution in [-0.2, 0) is 0 Å². The lowest BCUT2D eigenvalue weighted by molar-refractivity contribution is 0.0784. The Morgan fingerprint density at radius 1 is 1.50 bits per heavy atom. The summed E-state index contributed by atoms with van der Waals surface area (Å²) < 4.78 is 0. The summed E-state index contributed by atoms with van der Waals surface area (Å²) in [4.78, 5) is 13.9. The summed E-state index contributed by atoms with van der Waals surface area (Å²) in [6.45, 7) is 3.79. The molecule has 1 saturated heterocycles. The van der Waals surface area contributed by atoms with E-state index in [0.717, 1.165) is 25.9 Å². The minimum Gasteiger partial charge on any atom is -0.507 e. The molecule has 3 nitrogen and oxygen atoms in total. The van der Waals surface area contributed by atoms with Crippen LogP contribution in [0.15, 0.2) is 24.3 Å². The van der Waals surface area contributed by atoms with Crippen molar-refractivity contribution < 1.29 is 9.90 Å². The highest BCUT2D eigenvalue weighted by Crippen LogP contribution is 2.24. The van der Waals surface area contributed by atoms with E-state index in [1.807, 2.05) is 4.90 Å². The maximum atomic E-state index is 12.1. The van der Waals surface area contributed by atoms with E-state index in [0.29, 0.717) is 11.5 Å². The van der Waals surface area contributed by atoms with Gasteiger partial charge < -0.3 is 10.0 Å². The van der Waals surface area contributed by atoms with Crippen molar-refractivity contribution in [2.45, 2.75) is 19.8 Å². The van der Waals surface area contributed by atoms with Gasteiger partial charge in [0.1, 0.15) is 5.75 Å². The van der Waals surface area contributed by atoms with Gasteiger partial charge in [0.2, 0.25) is 0 Å². The van der Waals surface area contributed by atoms with Gasteiger partial charge in [-0.1, -0.05) is 25.5 Å². The van der Waals surface area contributed by atoms with Gasteiger partial charge in [0.05, 0.1) is 5.56 Å². The van der Waals surface area contributed by atoms with Crippen molar-refractivity contribution >= 4 is 5.91 Å². The van der Waals surface area contributed by atoms with Gasteiger partial charge in [0.25, 0.3) is 5.91 Å². The Bertz CT molecular complexity index is 389. The van der Waals surface area contributed by atoms with Crippen molar-refractivity contribution in [1.29, 1.82) is 0 Å². The Labute approximate surface area is 95.7 Å². The lowest BCUT2D eigenvalue weighted by Gasteiger charge is -2.16. The van der Waals surface area contributed by atoms with Crippen molar-refractivity contribution in [2.75, 3.05) is 13.1 Å². The molecule has 1 fully saturated rings. The van der Waals surface area contributed by atoms with Gasteiger partial charge in [-0.15, -0.1) is 0 Å². The van der Waals surface area contributed by atoms with Crippen molar-refractivity contribution in [2.24, 2.45) is 5.92 Å². The molecule has 0 radical (unpaired) electrons. The molecule has 2 rings (SSSR count). The zero-order chi connectivity index (χ0) is 11.5. The lowest BCUT2D eigenvalue weighted by atomic mass is 10.1. The molecule has 0 spiro atoms. The van der Waals surface area contributed by atoms with Crippen LogP contribution in [0.2, 0.25) is 0 Å². The number of aromatic hydroxyl groups is 1. The molecule has 16 heavy (non-hydrogen) atoms. The number of hydrogen-bond acceptors (Lipinski definition) is 2. The van der Waals surface area contributed by atoms with Gasteiger partial charge in [-0.05, 0) is 24.5 Å². The molecule has 0 saturated carbocycles. The van der Waals surface area contributed by atoms with Crippen LogP contribution in [0.4, 0.5) is 0 Å². The molecule has 0 bridgehead atoms. The van der Waals surface area contributed by atoms with E-state index in [9.17, 15) is 9.90 Å². The number of nitrogens with zero attached hydrogens (tertiary/aromatic N) is 1. The first-order chi connectivity index (χ1) is 7.72. The zero-order valence-electron chi connectivity index (χ0n) is 9.52. The van der Waals surface area contributed by atoms with Crippen LogP contribution in [0.25, 0.3) is 0 Å². The molecule has 86 valence electrons. The van der Waals surface area contributed by atoms with Gasteiger partial charge >= 0.3 is 0 Å². The predicted molar refractivity (Wildman–Crippen MR) is 62.4 cm³/mol. The molecule has 1 amide bonds. The highest BCUT2D eigenvalue weighted by atomic mass is 16.3. The summed E-state index contributed by atoms with van der Waals surface area (Å²) in [5.41, 5.74) is 0.416. The second-order valence-electron chi connectivity index (χ2n) is 4.33. The maximum absolute atomic E-state index is 12.1. The van der Waals surface area contributed by atoms with Crippen molar-refractivity contribution in [3.8, 4) is 5.75 Å². The average Bonchev–Trinajstić information content (AvgIpc) is 2.77. The van der Waals surface area contributed by atoms with E-state index >= 15 is 0 Å². The van der Waals surface area contributed by atoms with Gasteiger partial charge in [-0.25, -0.2) is 0 Å². The van der Waals surface area contributed by atoms with Crippen LogP contribution < -0.4 is 0 Å². The fourth-order valence-corrected chi connectivity index (χ4v) is 2.18. The number of phenols is 1. The minimum atomic E-state index is -0.0472. The summed E-state index contributed by atoms with van der Waals surface area (Å²) in [6.07, 6.45) is 2.19. The molecule has 0 aromatic heterocycles. The van der Waals surface area contributed by atoms with E-state index in [1.54, 1.807) is 24.3 Å². The number of carbonyl (C=O) groups is 1. The average molecular weight is 219 g/mol. The molecule has 1 heterocycles. The summed E-state index contributed by atoms with van der Waals surface area (Å²) in [5, 5.41) is 9.62. The highest BCUT2D eigenvalue weighted by molar-refractivity contribution is 5.96. The third-order valence-corrected chi connectivity index (χ3v) is 3.28.